The summed E-state index contributed by atoms with van der Waals surface area (Å²) < 4.78 is 30.4. The Labute approximate surface area is 173 Å². The number of phenols is 1. The number of nitrogens with two attached hydrogens (primary N) is 1. The lowest BCUT2D eigenvalue weighted by Crippen LogP contribution is -2.10. The number of hydrogen-bond acceptors (Lipinski definition) is 6. The second-order valence-electron chi connectivity index (χ2n) is 6.58. The van der Waals surface area contributed by atoms with E-state index in [1.54, 1.807) is 36.4 Å². The average molecular weight is 425 g/mol. The van der Waals surface area contributed by atoms with Crippen LogP contribution in [0.15, 0.2) is 71.6 Å². The zero-order valence-electron chi connectivity index (χ0n) is 16.0. The van der Waals surface area contributed by atoms with E-state index in [0.29, 0.717) is 22.3 Å². The molecule has 0 saturated carbocycles. The Morgan fingerprint density at radius 2 is 1.63 bits per heavy atom. The van der Waals surface area contributed by atoms with Crippen molar-refractivity contribution in [2.45, 2.75) is 10.6 Å². The lowest BCUT2D eigenvalue weighted by atomic mass is 10.0. The molecule has 3 N–H and O–H groups in total. The normalized spacial score (nSPS) is 11.1. The van der Waals surface area contributed by atoms with E-state index < -0.39 is 21.7 Å². The first-order chi connectivity index (χ1) is 14.2. The van der Waals surface area contributed by atoms with Crippen LogP contribution < -0.4 is 5.73 Å². The second-order valence-corrected chi connectivity index (χ2v) is 8.56. The summed E-state index contributed by atoms with van der Waals surface area (Å²) in [6, 6.07) is 16.9. The highest BCUT2D eigenvalue weighted by Gasteiger charge is 2.19. The average Bonchev–Trinajstić information content (AvgIpc) is 2.73. The standard InChI is InChI=1S/C22H19NO6S/c1-29-22(26)19-9-8-14(10-20(19)24)13-30(27,28)18-7-3-5-16(12-18)15-4-2-6-17(11-15)21(23)25/h2-12,24H,13H2,1H3,(H2,23,25). The lowest BCUT2D eigenvalue weighted by molar-refractivity contribution is 0.0597. The Morgan fingerprint density at radius 1 is 0.967 bits per heavy atom. The van der Waals surface area contributed by atoms with Crippen LogP contribution in [-0.4, -0.2) is 32.5 Å². The lowest BCUT2D eigenvalue weighted by Gasteiger charge is -2.09. The highest BCUT2D eigenvalue weighted by molar-refractivity contribution is 7.90. The number of ether oxygens (including phenoxy) is 1. The number of phenolic OH excluding ortho intramolecular Hbond substituents is 1. The van der Waals surface area contributed by atoms with Crippen LogP contribution in [0.3, 0.4) is 0 Å². The van der Waals surface area contributed by atoms with Crippen LogP contribution in [0.1, 0.15) is 26.3 Å². The summed E-state index contributed by atoms with van der Waals surface area (Å²) in [5.41, 5.74) is 7.18. The highest BCUT2D eigenvalue weighted by Crippen LogP contribution is 2.27. The summed E-state index contributed by atoms with van der Waals surface area (Å²) in [5, 5.41) is 9.99. The maximum absolute atomic E-state index is 12.9. The molecule has 154 valence electrons. The van der Waals surface area contributed by atoms with E-state index >= 15 is 0 Å². The van der Waals surface area contributed by atoms with Crippen molar-refractivity contribution >= 4 is 21.7 Å². The van der Waals surface area contributed by atoms with Crippen molar-refractivity contribution < 1.29 is 27.9 Å². The van der Waals surface area contributed by atoms with Crippen molar-refractivity contribution in [2.24, 2.45) is 5.73 Å². The molecule has 3 aromatic rings. The summed E-state index contributed by atoms with van der Waals surface area (Å²) in [6.45, 7) is 0. The van der Waals surface area contributed by atoms with Gasteiger partial charge in [0.05, 0.1) is 17.8 Å². The molecule has 0 aliphatic heterocycles. The van der Waals surface area contributed by atoms with Crippen molar-refractivity contribution in [2.75, 3.05) is 7.11 Å². The van der Waals surface area contributed by atoms with Crippen LogP contribution in [0.5, 0.6) is 5.75 Å². The summed E-state index contributed by atoms with van der Waals surface area (Å²) in [6.07, 6.45) is 0. The Balaban J connectivity index is 1.91. The van der Waals surface area contributed by atoms with Gasteiger partial charge in [0.1, 0.15) is 11.3 Å². The number of sulfone groups is 1. The Kier molecular flexibility index (Phi) is 5.89. The Hall–Kier alpha value is -3.65. The summed E-state index contributed by atoms with van der Waals surface area (Å²) in [7, 11) is -2.56. The SMILES string of the molecule is COC(=O)c1ccc(CS(=O)(=O)c2cccc(-c3cccc(C(N)=O)c3)c2)cc1O. The predicted octanol–water partition coefficient (Wildman–Crippen LogP) is 2.92. The largest absolute Gasteiger partial charge is 0.507 e. The van der Waals surface area contributed by atoms with Crippen LogP contribution in [-0.2, 0) is 20.3 Å². The highest BCUT2D eigenvalue weighted by atomic mass is 32.2. The molecule has 0 fully saturated rings. The van der Waals surface area contributed by atoms with E-state index in [9.17, 15) is 23.1 Å². The van der Waals surface area contributed by atoms with Gasteiger partial charge in [-0.25, -0.2) is 13.2 Å². The topological polar surface area (TPSA) is 124 Å². The van der Waals surface area contributed by atoms with E-state index in [1.165, 1.54) is 37.4 Å². The first-order valence-electron chi connectivity index (χ1n) is 8.84. The van der Waals surface area contributed by atoms with Crippen LogP contribution in [0.4, 0.5) is 0 Å². The molecule has 0 aliphatic rings. The van der Waals surface area contributed by atoms with Crippen molar-refractivity contribution in [1.29, 1.82) is 0 Å². The third-order valence-corrected chi connectivity index (χ3v) is 6.18. The maximum atomic E-state index is 12.9. The smallest absolute Gasteiger partial charge is 0.341 e. The number of primary amides is 1. The molecule has 1 amide bonds. The first-order valence-corrected chi connectivity index (χ1v) is 10.5. The van der Waals surface area contributed by atoms with Gasteiger partial charge in [-0.2, -0.15) is 0 Å². The minimum atomic E-state index is -3.74. The number of methoxy groups -OCH3 is 1. The molecule has 3 rings (SSSR count). The van der Waals surface area contributed by atoms with Crippen LogP contribution in [0.2, 0.25) is 0 Å². The van der Waals surface area contributed by atoms with Gasteiger partial charge in [0.25, 0.3) is 0 Å². The molecule has 8 heteroatoms. The number of aromatic hydroxyl groups is 1. The number of esters is 1. The van der Waals surface area contributed by atoms with Gasteiger partial charge in [-0.15, -0.1) is 0 Å². The monoisotopic (exact) mass is 425 g/mol. The Morgan fingerprint density at radius 3 is 2.27 bits per heavy atom. The van der Waals surface area contributed by atoms with Gasteiger partial charge in [0.15, 0.2) is 9.84 Å². The van der Waals surface area contributed by atoms with Crippen molar-refractivity contribution in [3.05, 3.63) is 83.4 Å². The number of carbonyl (C=O) groups is 2. The van der Waals surface area contributed by atoms with E-state index in [1.807, 2.05) is 0 Å². The molecule has 0 atom stereocenters. The predicted molar refractivity (Wildman–Crippen MR) is 111 cm³/mol. The molecular weight excluding hydrogens is 406 g/mol. The summed E-state index contributed by atoms with van der Waals surface area (Å²) in [5.74, 6) is -2.01. The van der Waals surface area contributed by atoms with E-state index in [-0.39, 0.29) is 22.0 Å². The van der Waals surface area contributed by atoms with Crippen LogP contribution >= 0.6 is 0 Å². The molecule has 0 aromatic heterocycles. The van der Waals surface area contributed by atoms with E-state index in [4.69, 9.17) is 5.73 Å². The molecule has 30 heavy (non-hydrogen) atoms. The molecule has 0 spiro atoms. The molecule has 0 aliphatic carbocycles. The number of amides is 1. The van der Waals surface area contributed by atoms with Gasteiger partial charge in [-0.05, 0) is 53.1 Å². The van der Waals surface area contributed by atoms with Gasteiger partial charge in [0.2, 0.25) is 5.91 Å². The zero-order chi connectivity index (χ0) is 21.9. The molecular formula is C22H19NO6S. The summed E-state index contributed by atoms with van der Waals surface area (Å²) >= 11 is 0. The molecule has 0 unspecified atom stereocenters. The fourth-order valence-electron chi connectivity index (χ4n) is 2.97. The molecule has 0 bridgehead atoms. The van der Waals surface area contributed by atoms with E-state index in [2.05, 4.69) is 4.74 Å². The second kappa shape index (κ2) is 8.38. The number of hydrogen-bond donors (Lipinski definition) is 2. The van der Waals surface area contributed by atoms with Gasteiger partial charge in [0, 0.05) is 5.56 Å². The number of carbonyl (C=O) groups excluding carboxylic acids is 2. The number of benzene rings is 3. The minimum absolute atomic E-state index is 0.0463. The van der Waals surface area contributed by atoms with Gasteiger partial charge < -0.3 is 15.6 Å². The molecule has 0 heterocycles. The molecule has 0 saturated heterocycles. The van der Waals surface area contributed by atoms with Crippen molar-refractivity contribution in [3.8, 4) is 16.9 Å². The fraction of sp³-hybridized carbons (Fsp3) is 0.0909. The summed E-state index contributed by atoms with van der Waals surface area (Å²) in [4.78, 5) is 23.0. The van der Waals surface area contributed by atoms with E-state index in [0.717, 1.165) is 0 Å². The molecule has 3 aromatic carbocycles. The first kappa shape index (κ1) is 21.1. The van der Waals surface area contributed by atoms with Crippen molar-refractivity contribution in [3.63, 3.8) is 0 Å². The molecule has 7 nitrogen and oxygen atoms in total. The third kappa shape index (κ3) is 4.49. The third-order valence-electron chi connectivity index (χ3n) is 4.50. The van der Waals surface area contributed by atoms with Gasteiger partial charge >= 0.3 is 5.97 Å². The minimum Gasteiger partial charge on any atom is -0.507 e. The maximum Gasteiger partial charge on any atom is 0.341 e. The Bertz CT molecular complexity index is 1230. The van der Waals surface area contributed by atoms with Crippen LogP contribution in [0.25, 0.3) is 11.1 Å². The van der Waals surface area contributed by atoms with Crippen molar-refractivity contribution in [1.82, 2.24) is 0 Å². The van der Waals surface area contributed by atoms with Gasteiger partial charge in [-0.1, -0.05) is 30.3 Å². The fourth-order valence-corrected chi connectivity index (χ4v) is 4.35. The quantitative estimate of drug-likeness (QED) is 0.585. The zero-order valence-corrected chi connectivity index (χ0v) is 16.8. The van der Waals surface area contributed by atoms with Crippen LogP contribution in [0, 0.1) is 0 Å². The number of rotatable bonds is 6. The molecule has 0 radical (unpaired) electrons. The van der Waals surface area contributed by atoms with Gasteiger partial charge in [-0.3, -0.25) is 4.79 Å².